The van der Waals surface area contributed by atoms with Gasteiger partial charge in [-0.05, 0) is 18.1 Å². The van der Waals surface area contributed by atoms with Gasteiger partial charge in [0, 0.05) is 25.7 Å². The lowest BCUT2D eigenvalue weighted by Crippen LogP contribution is -2.49. The van der Waals surface area contributed by atoms with E-state index in [-0.39, 0.29) is 0 Å². The largest absolute Gasteiger partial charge is 0.379 e. The third kappa shape index (κ3) is 3.54. The van der Waals surface area contributed by atoms with Crippen LogP contribution in [0.25, 0.3) is 10.2 Å². The van der Waals surface area contributed by atoms with Crippen molar-refractivity contribution in [2.24, 2.45) is 5.92 Å². The molecule has 2 aromatic rings. The van der Waals surface area contributed by atoms with E-state index in [0.29, 0.717) is 12.0 Å². The Morgan fingerprint density at radius 3 is 2.76 bits per heavy atom. The van der Waals surface area contributed by atoms with Gasteiger partial charge in [-0.25, -0.2) is 4.98 Å². The van der Waals surface area contributed by atoms with Gasteiger partial charge < -0.3 is 10.1 Å². The quantitative estimate of drug-likeness (QED) is 0.921. The summed E-state index contributed by atoms with van der Waals surface area (Å²) in [5.41, 5.74) is 1.08. The lowest BCUT2D eigenvalue weighted by molar-refractivity contribution is 0.00955. The summed E-state index contributed by atoms with van der Waals surface area (Å²) in [7, 11) is 0. The fraction of sp³-hybridized carbons (Fsp3) is 0.562. The zero-order valence-corrected chi connectivity index (χ0v) is 13.5. The lowest BCUT2D eigenvalue weighted by Gasteiger charge is -2.36. The molecule has 0 spiro atoms. The number of nitrogens with one attached hydrogen (secondary N) is 1. The molecule has 4 nitrogen and oxygen atoms in total. The minimum atomic E-state index is 0.529. The van der Waals surface area contributed by atoms with Gasteiger partial charge >= 0.3 is 0 Å². The van der Waals surface area contributed by atoms with Gasteiger partial charge in [-0.1, -0.05) is 37.3 Å². The smallest absolute Gasteiger partial charge is 0.183 e. The zero-order chi connectivity index (χ0) is 14.7. The van der Waals surface area contributed by atoms with Crippen LogP contribution in [0.4, 0.5) is 5.13 Å². The minimum Gasteiger partial charge on any atom is -0.379 e. The molecular formula is C16H23N3OS. The van der Waals surface area contributed by atoms with Crippen LogP contribution in [0.15, 0.2) is 24.3 Å². The van der Waals surface area contributed by atoms with E-state index in [1.807, 2.05) is 6.07 Å². The number of fused-ring (bicyclic) bond motifs is 1. The highest BCUT2D eigenvalue weighted by molar-refractivity contribution is 7.22. The molecule has 1 aromatic carbocycles. The molecule has 1 aromatic heterocycles. The van der Waals surface area contributed by atoms with Crippen molar-refractivity contribution >= 4 is 26.7 Å². The molecule has 0 radical (unpaired) electrons. The molecule has 0 amide bonds. The van der Waals surface area contributed by atoms with Crippen molar-refractivity contribution in [1.82, 2.24) is 9.88 Å². The summed E-state index contributed by atoms with van der Waals surface area (Å²) in [6.45, 7) is 9.29. The summed E-state index contributed by atoms with van der Waals surface area (Å²) in [5, 5.41) is 4.56. The van der Waals surface area contributed by atoms with Gasteiger partial charge in [-0.3, -0.25) is 4.90 Å². The van der Waals surface area contributed by atoms with Crippen LogP contribution < -0.4 is 5.32 Å². The molecule has 1 aliphatic rings. The predicted molar refractivity (Wildman–Crippen MR) is 89.1 cm³/mol. The van der Waals surface area contributed by atoms with Crippen LogP contribution in [0.2, 0.25) is 0 Å². The van der Waals surface area contributed by atoms with E-state index in [9.17, 15) is 0 Å². The number of anilines is 1. The summed E-state index contributed by atoms with van der Waals surface area (Å²) in [4.78, 5) is 7.19. The van der Waals surface area contributed by atoms with E-state index < -0.39 is 0 Å². The first-order valence-electron chi connectivity index (χ1n) is 7.65. The van der Waals surface area contributed by atoms with Crippen LogP contribution in [-0.4, -0.2) is 48.8 Å². The second kappa shape index (κ2) is 6.73. The van der Waals surface area contributed by atoms with Gasteiger partial charge in [0.1, 0.15) is 0 Å². The van der Waals surface area contributed by atoms with Gasteiger partial charge in [0.25, 0.3) is 0 Å². The van der Waals surface area contributed by atoms with Crippen LogP contribution in [0.5, 0.6) is 0 Å². The van der Waals surface area contributed by atoms with Crippen LogP contribution in [-0.2, 0) is 4.74 Å². The summed E-state index contributed by atoms with van der Waals surface area (Å²) in [6, 6.07) is 8.82. The molecule has 3 rings (SSSR count). The maximum absolute atomic E-state index is 5.46. The second-order valence-electron chi connectivity index (χ2n) is 5.83. The Morgan fingerprint density at radius 1 is 1.29 bits per heavy atom. The van der Waals surface area contributed by atoms with E-state index in [2.05, 4.69) is 47.2 Å². The number of ether oxygens (including phenoxy) is 1. The van der Waals surface area contributed by atoms with E-state index in [4.69, 9.17) is 4.74 Å². The highest BCUT2D eigenvalue weighted by atomic mass is 32.1. The Labute approximate surface area is 130 Å². The second-order valence-corrected chi connectivity index (χ2v) is 6.86. The molecule has 1 atom stereocenters. The molecule has 0 saturated carbocycles. The number of para-hydroxylation sites is 1. The standard InChI is InChI=1S/C16H23N3OS/c1-12(2)14(19-7-9-20-10-8-19)11-17-16-18-13-5-3-4-6-15(13)21-16/h3-6,12,14H,7-11H2,1-2H3,(H,17,18)/t14-/m1/s1. The first-order chi connectivity index (χ1) is 10.2. The molecule has 0 aliphatic carbocycles. The predicted octanol–water partition coefficient (Wildman–Crippen LogP) is 3.07. The first kappa shape index (κ1) is 14.8. The van der Waals surface area contributed by atoms with Crippen LogP contribution in [0, 0.1) is 5.92 Å². The van der Waals surface area contributed by atoms with Crippen molar-refractivity contribution in [2.75, 3.05) is 38.2 Å². The van der Waals surface area contributed by atoms with Gasteiger partial charge in [0.2, 0.25) is 0 Å². The number of hydrogen-bond acceptors (Lipinski definition) is 5. The van der Waals surface area contributed by atoms with E-state index in [0.717, 1.165) is 43.5 Å². The average molecular weight is 305 g/mol. The third-order valence-electron chi connectivity index (χ3n) is 4.04. The van der Waals surface area contributed by atoms with Crippen molar-refractivity contribution in [2.45, 2.75) is 19.9 Å². The average Bonchev–Trinajstić information content (AvgIpc) is 2.91. The number of hydrogen-bond donors (Lipinski definition) is 1. The Kier molecular flexibility index (Phi) is 4.73. The fourth-order valence-electron chi connectivity index (χ4n) is 2.84. The van der Waals surface area contributed by atoms with Gasteiger partial charge in [-0.15, -0.1) is 0 Å². The molecule has 1 aliphatic heterocycles. The van der Waals surface area contributed by atoms with Crippen molar-refractivity contribution in [3.8, 4) is 0 Å². The molecule has 114 valence electrons. The molecule has 1 saturated heterocycles. The number of nitrogens with zero attached hydrogens (tertiary/aromatic N) is 2. The number of aromatic nitrogens is 1. The molecule has 21 heavy (non-hydrogen) atoms. The maximum Gasteiger partial charge on any atom is 0.183 e. The van der Waals surface area contributed by atoms with Gasteiger partial charge in [0.15, 0.2) is 5.13 Å². The van der Waals surface area contributed by atoms with Crippen molar-refractivity contribution in [3.63, 3.8) is 0 Å². The van der Waals surface area contributed by atoms with Crippen molar-refractivity contribution < 1.29 is 4.74 Å². The molecule has 0 unspecified atom stereocenters. The minimum absolute atomic E-state index is 0.529. The third-order valence-corrected chi connectivity index (χ3v) is 5.03. The first-order valence-corrected chi connectivity index (χ1v) is 8.47. The SMILES string of the molecule is CC(C)[C@@H](CNc1nc2ccccc2s1)N1CCOCC1. The molecular weight excluding hydrogens is 282 g/mol. The monoisotopic (exact) mass is 305 g/mol. The van der Waals surface area contributed by atoms with Gasteiger partial charge in [-0.2, -0.15) is 0 Å². The summed E-state index contributed by atoms with van der Waals surface area (Å²) in [6.07, 6.45) is 0. The van der Waals surface area contributed by atoms with Gasteiger partial charge in [0.05, 0.1) is 23.4 Å². The summed E-state index contributed by atoms with van der Waals surface area (Å²) < 4.78 is 6.70. The Bertz CT molecular complexity index is 545. The summed E-state index contributed by atoms with van der Waals surface area (Å²) >= 11 is 1.73. The van der Waals surface area contributed by atoms with Crippen LogP contribution >= 0.6 is 11.3 Å². The molecule has 1 N–H and O–H groups in total. The summed E-state index contributed by atoms with van der Waals surface area (Å²) in [5.74, 6) is 0.616. The topological polar surface area (TPSA) is 37.4 Å². The molecule has 5 heteroatoms. The van der Waals surface area contributed by atoms with Crippen molar-refractivity contribution in [3.05, 3.63) is 24.3 Å². The Balaban J connectivity index is 1.65. The fourth-order valence-corrected chi connectivity index (χ4v) is 3.71. The number of rotatable bonds is 5. The highest BCUT2D eigenvalue weighted by Crippen LogP contribution is 2.25. The number of thiazole rings is 1. The molecule has 1 fully saturated rings. The van der Waals surface area contributed by atoms with E-state index >= 15 is 0 Å². The van der Waals surface area contributed by atoms with Crippen LogP contribution in [0.3, 0.4) is 0 Å². The highest BCUT2D eigenvalue weighted by Gasteiger charge is 2.23. The normalized spacial score (nSPS) is 18.2. The Hall–Kier alpha value is -1.17. The zero-order valence-electron chi connectivity index (χ0n) is 12.7. The number of benzene rings is 1. The maximum atomic E-state index is 5.46. The van der Waals surface area contributed by atoms with E-state index in [1.165, 1.54) is 4.70 Å². The molecule has 0 bridgehead atoms. The molecule has 2 heterocycles. The lowest BCUT2D eigenvalue weighted by atomic mass is 10.0. The van der Waals surface area contributed by atoms with Crippen molar-refractivity contribution in [1.29, 1.82) is 0 Å². The van der Waals surface area contributed by atoms with E-state index in [1.54, 1.807) is 11.3 Å². The Morgan fingerprint density at radius 2 is 2.05 bits per heavy atom. The number of morpholine rings is 1. The van der Waals surface area contributed by atoms with Crippen LogP contribution in [0.1, 0.15) is 13.8 Å².